The first kappa shape index (κ1) is 11.2. The fourth-order valence-electron chi connectivity index (χ4n) is 2.10. The minimum atomic E-state index is 0.188. The number of carbonyl (C=O) groups excluding carboxylic acids is 1. The molecule has 1 fully saturated rings. The molecule has 1 saturated heterocycles. The number of aryl methyl sites for hydroxylation is 1. The Morgan fingerprint density at radius 2 is 2.00 bits per heavy atom. The molecule has 0 saturated carbocycles. The van der Waals surface area contributed by atoms with Crippen molar-refractivity contribution >= 4 is 5.91 Å². The molecule has 2 nitrogen and oxygen atoms in total. The predicted molar refractivity (Wildman–Crippen MR) is 65.8 cm³/mol. The van der Waals surface area contributed by atoms with E-state index in [-0.39, 0.29) is 5.91 Å². The molecule has 2 heteroatoms. The second-order valence-electron chi connectivity index (χ2n) is 4.87. The highest BCUT2D eigenvalue weighted by molar-refractivity contribution is 5.95. The van der Waals surface area contributed by atoms with Crippen molar-refractivity contribution in [1.82, 2.24) is 4.90 Å². The lowest BCUT2D eigenvalue weighted by Crippen LogP contribution is -2.42. The van der Waals surface area contributed by atoms with Gasteiger partial charge in [0.25, 0.3) is 5.91 Å². The van der Waals surface area contributed by atoms with E-state index in [9.17, 15) is 4.79 Å². The Bertz CT molecular complexity index is 405. The smallest absolute Gasteiger partial charge is 0.253 e. The number of rotatable bonds is 2. The molecule has 0 radical (unpaired) electrons. The number of amides is 1. The highest BCUT2D eigenvalue weighted by atomic mass is 16.2. The van der Waals surface area contributed by atoms with Crippen LogP contribution in [-0.4, -0.2) is 23.9 Å². The molecule has 0 aliphatic carbocycles. The number of carbonyl (C=O) groups is 1. The summed E-state index contributed by atoms with van der Waals surface area (Å²) in [4.78, 5) is 14.0. The molecule has 1 amide bonds. The van der Waals surface area contributed by atoms with Gasteiger partial charge in [-0.15, -0.1) is 0 Å². The Morgan fingerprint density at radius 1 is 1.31 bits per heavy atom. The second kappa shape index (κ2) is 4.28. The van der Waals surface area contributed by atoms with Crippen LogP contribution in [0, 0.1) is 6.92 Å². The fourth-order valence-corrected chi connectivity index (χ4v) is 2.10. The minimum absolute atomic E-state index is 0.188. The summed E-state index contributed by atoms with van der Waals surface area (Å²) >= 11 is 0. The Labute approximate surface area is 97.3 Å². The lowest BCUT2D eigenvalue weighted by molar-refractivity contribution is 0.0651. The van der Waals surface area contributed by atoms with Crippen molar-refractivity contribution in [1.29, 1.82) is 0 Å². The molecule has 1 heterocycles. The van der Waals surface area contributed by atoms with Crippen LogP contribution in [0.2, 0.25) is 0 Å². The number of hydrogen-bond acceptors (Lipinski definition) is 1. The zero-order valence-corrected chi connectivity index (χ0v) is 10.3. The topological polar surface area (TPSA) is 20.3 Å². The Hall–Kier alpha value is -1.31. The lowest BCUT2D eigenvalue weighted by Gasteiger charge is -2.31. The zero-order chi connectivity index (χ0) is 11.7. The highest BCUT2D eigenvalue weighted by Crippen LogP contribution is 2.22. The molecule has 0 spiro atoms. The number of nitrogens with zero attached hydrogens (tertiary/aromatic N) is 1. The van der Waals surface area contributed by atoms with Crippen molar-refractivity contribution in [3.05, 3.63) is 34.9 Å². The molecule has 2 rings (SSSR count). The minimum Gasteiger partial charge on any atom is -0.339 e. The molecular weight excluding hydrogens is 198 g/mol. The van der Waals surface area contributed by atoms with Crippen molar-refractivity contribution in [3.63, 3.8) is 0 Å². The summed E-state index contributed by atoms with van der Waals surface area (Å²) in [6, 6.07) is 6.06. The molecule has 1 aliphatic heterocycles. The highest BCUT2D eigenvalue weighted by Gasteiger charge is 2.22. The first-order chi connectivity index (χ1) is 7.59. The third-order valence-electron chi connectivity index (χ3n) is 3.29. The second-order valence-corrected chi connectivity index (χ2v) is 4.87. The van der Waals surface area contributed by atoms with Gasteiger partial charge in [-0.3, -0.25) is 4.79 Å². The van der Waals surface area contributed by atoms with Crippen LogP contribution in [0.4, 0.5) is 0 Å². The Kier molecular flexibility index (Phi) is 2.99. The van der Waals surface area contributed by atoms with E-state index >= 15 is 0 Å². The van der Waals surface area contributed by atoms with Crippen molar-refractivity contribution < 1.29 is 4.79 Å². The molecule has 0 aromatic heterocycles. The van der Waals surface area contributed by atoms with E-state index in [1.165, 1.54) is 11.1 Å². The summed E-state index contributed by atoms with van der Waals surface area (Å²) in [7, 11) is 0. The van der Waals surface area contributed by atoms with Gasteiger partial charge >= 0.3 is 0 Å². The summed E-state index contributed by atoms with van der Waals surface area (Å²) in [6.45, 7) is 8.28. The maximum absolute atomic E-state index is 12.0. The molecule has 0 N–H and O–H groups in total. The van der Waals surface area contributed by atoms with E-state index in [1.54, 1.807) is 0 Å². The van der Waals surface area contributed by atoms with E-state index in [1.807, 2.05) is 11.0 Å². The molecule has 86 valence electrons. The number of hydrogen-bond donors (Lipinski definition) is 0. The van der Waals surface area contributed by atoms with E-state index in [2.05, 4.69) is 32.9 Å². The SMILES string of the molecule is Cc1ccc(C(=O)N2CCC2)cc1C(C)C. The van der Waals surface area contributed by atoms with Crippen LogP contribution in [0.15, 0.2) is 18.2 Å². The van der Waals surface area contributed by atoms with Crippen molar-refractivity contribution in [2.45, 2.75) is 33.1 Å². The summed E-state index contributed by atoms with van der Waals surface area (Å²) < 4.78 is 0. The normalized spacial score (nSPS) is 15.1. The maximum Gasteiger partial charge on any atom is 0.253 e. The third kappa shape index (κ3) is 1.97. The Balaban J connectivity index is 2.27. The standard InChI is InChI=1S/C14H19NO/c1-10(2)13-9-12(6-5-11(13)3)14(16)15-7-4-8-15/h5-6,9-10H,4,7-8H2,1-3H3. The molecule has 16 heavy (non-hydrogen) atoms. The van der Waals surface area contributed by atoms with Gasteiger partial charge in [0.2, 0.25) is 0 Å². The first-order valence-electron chi connectivity index (χ1n) is 5.99. The van der Waals surface area contributed by atoms with Crippen LogP contribution in [0.25, 0.3) is 0 Å². The Morgan fingerprint density at radius 3 is 2.50 bits per heavy atom. The lowest BCUT2D eigenvalue weighted by atomic mass is 9.95. The van der Waals surface area contributed by atoms with Crippen LogP contribution in [0.3, 0.4) is 0 Å². The van der Waals surface area contributed by atoms with E-state index in [4.69, 9.17) is 0 Å². The first-order valence-corrected chi connectivity index (χ1v) is 5.99. The van der Waals surface area contributed by atoms with E-state index in [0.717, 1.165) is 25.1 Å². The molecular formula is C14H19NO. The third-order valence-corrected chi connectivity index (χ3v) is 3.29. The monoisotopic (exact) mass is 217 g/mol. The van der Waals surface area contributed by atoms with E-state index < -0.39 is 0 Å². The van der Waals surface area contributed by atoms with Gasteiger partial charge in [-0.2, -0.15) is 0 Å². The number of likely N-dealkylation sites (tertiary alicyclic amines) is 1. The van der Waals surface area contributed by atoms with Crippen LogP contribution < -0.4 is 0 Å². The van der Waals surface area contributed by atoms with Crippen LogP contribution >= 0.6 is 0 Å². The largest absolute Gasteiger partial charge is 0.339 e. The maximum atomic E-state index is 12.0. The summed E-state index contributed by atoms with van der Waals surface area (Å²) in [5.41, 5.74) is 3.40. The number of benzene rings is 1. The van der Waals surface area contributed by atoms with Crippen LogP contribution in [-0.2, 0) is 0 Å². The molecule has 0 bridgehead atoms. The van der Waals surface area contributed by atoms with Gasteiger partial charge in [0.15, 0.2) is 0 Å². The predicted octanol–water partition coefficient (Wildman–Crippen LogP) is 2.96. The molecule has 1 aromatic rings. The quantitative estimate of drug-likeness (QED) is 0.745. The summed E-state index contributed by atoms with van der Waals surface area (Å²) in [6.07, 6.45) is 1.15. The van der Waals surface area contributed by atoms with Gasteiger partial charge in [-0.05, 0) is 42.5 Å². The van der Waals surface area contributed by atoms with Crippen LogP contribution in [0.1, 0.15) is 47.7 Å². The van der Waals surface area contributed by atoms with Gasteiger partial charge in [0, 0.05) is 18.7 Å². The van der Waals surface area contributed by atoms with Gasteiger partial charge in [0.05, 0.1) is 0 Å². The van der Waals surface area contributed by atoms with Crippen molar-refractivity contribution in [2.24, 2.45) is 0 Å². The molecule has 0 unspecified atom stereocenters. The van der Waals surface area contributed by atoms with Gasteiger partial charge in [-0.25, -0.2) is 0 Å². The summed E-state index contributed by atoms with van der Waals surface area (Å²) in [5, 5.41) is 0. The van der Waals surface area contributed by atoms with Gasteiger partial charge in [-0.1, -0.05) is 19.9 Å². The van der Waals surface area contributed by atoms with E-state index in [0.29, 0.717) is 5.92 Å². The zero-order valence-electron chi connectivity index (χ0n) is 10.3. The van der Waals surface area contributed by atoms with Crippen molar-refractivity contribution in [2.75, 3.05) is 13.1 Å². The molecule has 0 atom stereocenters. The molecule has 1 aromatic carbocycles. The average molecular weight is 217 g/mol. The summed E-state index contributed by atoms with van der Waals surface area (Å²) in [5.74, 6) is 0.664. The van der Waals surface area contributed by atoms with Crippen molar-refractivity contribution in [3.8, 4) is 0 Å². The molecule has 1 aliphatic rings. The van der Waals surface area contributed by atoms with Gasteiger partial charge < -0.3 is 4.90 Å². The van der Waals surface area contributed by atoms with Gasteiger partial charge in [0.1, 0.15) is 0 Å². The van der Waals surface area contributed by atoms with Crippen LogP contribution in [0.5, 0.6) is 0 Å². The fraction of sp³-hybridized carbons (Fsp3) is 0.500. The average Bonchev–Trinajstić information content (AvgIpc) is 2.15.